The van der Waals surface area contributed by atoms with Crippen molar-refractivity contribution in [1.29, 1.82) is 0 Å². The van der Waals surface area contributed by atoms with E-state index in [1.165, 1.54) is 54.9 Å². The van der Waals surface area contributed by atoms with E-state index in [4.69, 9.17) is 0 Å². The van der Waals surface area contributed by atoms with Crippen LogP contribution in [0.15, 0.2) is 42.5 Å². The number of hydrogen-bond acceptors (Lipinski definition) is 7. The fourth-order valence-corrected chi connectivity index (χ4v) is 5.29. The number of halogens is 1. The van der Waals surface area contributed by atoms with Crippen LogP contribution >= 0.6 is 0 Å². The fourth-order valence-electron chi connectivity index (χ4n) is 3.71. The molecule has 1 N–H and O–H groups in total. The van der Waals surface area contributed by atoms with Gasteiger partial charge < -0.3 is 14.8 Å². The Kier molecular flexibility index (Phi) is 8.00. The molecule has 0 bridgehead atoms. The van der Waals surface area contributed by atoms with Crippen LogP contribution in [-0.2, 0) is 30.0 Å². The number of nitrogens with zero attached hydrogens (tertiary/aromatic N) is 1. The van der Waals surface area contributed by atoms with Crippen LogP contribution < -0.4 is 5.32 Å². The van der Waals surface area contributed by atoms with Crippen LogP contribution in [0.2, 0.25) is 0 Å². The predicted molar refractivity (Wildman–Crippen MR) is 121 cm³/mol. The molecule has 34 heavy (non-hydrogen) atoms. The second-order valence-electron chi connectivity index (χ2n) is 7.79. The molecule has 2 aromatic carbocycles. The van der Waals surface area contributed by atoms with Crippen LogP contribution in [0.4, 0.5) is 10.1 Å². The summed E-state index contributed by atoms with van der Waals surface area (Å²) in [7, 11) is -1.36. The van der Waals surface area contributed by atoms with Crippen molar-refractivity contribution >= 4 is 33.6 Å². The largest absolute Gasteiger partial charge is 0.465 e. The average Bonchev–Trinajstić information content (AvgIpc) is 2.84. The van der Waals surface area contributed by atoms with Gasteiger partial charge in [0.1, 0.15) is 5.82 Å². The van der Waals surface area contributed by atoms with Crippen LogP contribution in [0.5, 0.6) is 0 Å². The lowest BCUT2D eigenvalue weighted by molar-refractivity contribution is -0.120. The third kappa shape index (κ3) is 5.97. The molecule has 1 heterocycles. The molecule has 1 saturated heterocycles. The lowest BCUT2D eigenvalue weighted by Crippen LogP contribution is -2.42. The van der Waals surface area contributed by atoms with Gasteiger partial charge in [-0.3, -0.25) is 4.79 Å². The van der Waals surface area contributed by atoms with Crippen molar-refractivity contribution < 1.29 is 36.7 Å². The predicted octanol–water partition coefficient (Wildman–Crippen LogP) is 2.58. The summed E-state index contributed by atoms with van der Waals surface area (Å²) >= 11 is 0. The normalized spacial score (nSPS) is 14.9. The van der Waals surface area contributed by atoms with Gasteiger partial charge in [0, 0.05) is 30.3 Å². The number of hydrogen-bond donors (Lipinski definition) is 1. The summed E-state index contributed by atoms with van der Waals surface area (Å²) in [5, 5.41) is 2.68. The monoisotopic (exact) mass is 492 g/mol. The quantitative estimate of drug-likeness (QED) is 0.590. The maximum absolute atomic E-state index is 13.9. The van der Waals surface area contributed by atoms with E-state index >= 15 is 0 Å². The number of sulfonamides is 1. The van der Waals surface area contributed by atoms with E-state index in [0.29, 0.717) is 0 Å². The summed E-state index contributed by atoms with van der Waals surface area (Å²) in [6.45, 7) is 0.231. The number of amides is 1. The zero-order chi connectivity index (χ0) is 24.9. The Morgan fingerprint density at radius 2 is 1.56 bits per heavy atom. The van der Waals surface area contributed by atoms with Crippen molar-refractivity contribution in [3.8, 4) is 0 Å². The number of methoxy groups -OCH3 is 2. The van der Waals surface area contributed by atoms with Gasteiger partial charge in [0.15, 0.2) is 0 Å². The Balaban J connectivity index is 1.66. The maximum Gasteiger partial charge on any atom is 0.337 e. The molecule has 1 aliphatic rings. The van der Waals surface area contributed by atoms with E-state index in [-0.39, 0.29) is 54.2 Å². The van der Waals surface area contributed by atoms with Gasteiger partial charge in [0.05, 0.1) is 31.1 Å². The van der Waals surface area contributed by atoms with E-state index in [0.717, 1.165) is 0 Å². The van der Waals surface area contributed by atoms with Gasteiger partial charge in [0.2, 0.25) is 15.9 Å². The van der Waals surface area contributed by atoms with Crippen molar-refractivity contribution in [3.63, 3.8) is 0 Å². The highest BCUT2D eigenvalue weighted by Gasteiger charge is 2.32. The molecule has 0 aliphatic carbocycles. The number of nitrogens with one attached hydrogen (secondary N) is 1. The molecule has 182 valence electrons. The van der Waals surface area contributed by atoms with E-state index in [1.54, 1.807) is 6.07 Å². The van der Waals surface area contributed by atoms with Gasteiger partial charge in [-0.15, -0.1) is 0 Å². The standard InChI is InChI=1S/C23H25FN2O7S/c1-32-22(28)17-11-18(23(29)33-2)13-19(12-17)25-21(27)15-7-9-26(10-8-15)34(30,31)14-16-5-3-4-6-20(16)24/h3-6,11-13,15H,7-10,14H2,1-2H3,(H,25,27). The summed E-state index contributed by atoms with van der Waals surface area (Å²) in [5.74, 6) is -3.26. The van der Waals surface area contributed by atoms with Gasteiger partial charge in [-0.2, -0.15) is 0 Å². The number of anilines is 1. The first-order chi connectivity index (χ1) is 16.1. The van der Waals surface area contributed by atoms with E-state index in [1.807, 2.05) is 0 Å². The van der Waals surface area contributed by atoms with Gasteiger partial charge >= 0.3 is 11.9 Å². The van der Waals surface area contributed by atoms with Crippen molar-refractivity contribution in [3.05, 3.63) is 65.0 Å². The number of rotatable bonds is 7. The lowest BCUT2D eigenvalue weighted by Gasteiger charge is -2.30. The van der Waals surface area contributed by atoms with E-state index in [2.05, 4.69) is 14.8 Å². The van der Waals surface area contributed by atoms with Crippen LogP contribution in [0, 0.1) is 11.7 Å². The Morgan fingerprint density at radius 1 is 1.00 bits per heavy atom. The molecule has 0 atom stereocenters. The Labute approximate surface area is 196 Å². The van der Waals surface area contributed by atoms with Crippen molar-refractivity contribution in [2.24, 2.45) is 5.92 Å². The van der Waals surface area contributed by atoms with Gasteiger partial charge in [-0.05, 0) is 37.1 Å². The molecule has 11 heteroatoms. The number of benzene rings is 2. The topological polar surface area (TPSA) is 119 Å². The summed E-state index contributed by atoms with van der Waals surface area (Å²) in [5.41, 5.74) is 0.432. The minimum absolute atomic E-state index is 0.0646. The molecule has 1 fully saturated rings. The number of ether oxygens (including phenoxy) is 2. The van der Waals surface area contributed by atoms with Crippen LogP contribution in [0.3, 0.4) is 0 Å². The summed E-state index contributed by atoms with van der Waals surface area (Å²) in [6.07, 6.45) is 0.534. The highest BCUT2D eigenvalue weighted by Crippen LogP contribution is 2.25. The van der Waals surface area contributed by atoms with E-state index in [9.17, 15) is 27.2 Å². The number of carbonyl (C=O) groups excluding carboxylic acids is 3. The molecule has 0 unspecified atom stereocenters. The minimum Gasteiger partial charge on any atom is -0.465 e. The molecular formula is C23H25FN2O7S. The zero-order valence-electron chi connectivity index (χ0n) is 18.7. The highest BCUT2D eigenvalue weighted by molar-refractivity contribution is 7.88. The first kappa shape index (κ1) is 25.3. The minimum atomic E-state index is -3.74. The average molecular weight is 493 g/mol. The number of piperidine rings is 1. The molecule has 2 aromatic rings. The van der Waals surface area contributed by atoms with Crippen molar-refractivity contribution in [1.82, 2.24) is 4.31 Å². The van der Waals surface area contributed by atoms with Gasteiger partial charge in [-0.1, -0.05) is 18.2 Å². The third-order valence-electron chi connectivity index (χ3n) is 5.56. The SMILES string of the molecule is COC(=O)c1cc(NC(=O)C2CCN(S(=O)(=O)Cc3ccccc3F)CC2)cc(C(=O)OC)c1. The van der Waals surface area contributed by atoms with Crippen molar-refractivity contribution in [2.45, 2.75) is 18.6 Å². The molecule has 0 saturated carbocycles. The molecule has 9 nitrogen and oxygen atoms in total. The highest BCUT2D eigenvalue weighted by atomic mass is 32.2. The second-order valence-corrected chi connectivity index (χ2v) is 9.76. The smallest absolute Gasteiger partial charge is 0.337 e. The molecule has 1 amide bonds. The van der Waals surface area contributed by atoms with Crippen LogP contribution in [-0.4, -0.2) is 57.9 Å². The molecule has 0 aromatic heterocycles. The number of esters is 2. The number of carbonyl (C=O) groups is 3. The van der Waals surface area contributed by atoms with Crippen LogP contribution in [0.25, 0.3) is 0 Å². The maximum atomic E-state index is 13.9. The Morgan fingerprint density at radius 3 is 2.09 bits per heavy atom. The second kappa shape index (κ2) is 10.7. The lowest BCUT2D eigenvalue weighted by atomic mass is 9.97. The molecule has 1 aliphatic heterocycles. The van der Waals surface area contributed by atoms with E-state index < -0.39 is 39.4 Å². The van der Waals surface area contributed by atoms with Crippen molar-refractivity contribution in [2.75, 3.05) is 32.6 Å². The Hall–Kier alpha value is -3.31. The first-order valence-corrected chi connectivity index (χ1v) is 12.1. The molecule has 0 spiro atoms. The Bertz CT molecular complexity index is 1160. The van der Waals surface area contributed by atoms with Gasteiger partial charge in [0.25, 0.3) is 0 Å². The molecular weight excluding hydrogens is 467 g/mol. The van der Waals surface area contributed by atoms with Crippen LogP contribution in [0.1, 0.15) is 39.1 Å². The molecule has 0 radical (unpaired) electrons. The fraction of sp³-hybridized carbons (Fsp3) is 0.348. The third-order valence-corrected chi connectivity index (χ3v) is 7.38. The first-order valence-electron chi connectivity index (χ1n) is 10.5. The summed E-state index contributed by atoms with van der Waals surface area (Å²) in [6, 6.07) is 9.76. The summed E-state index contributed by atoms with van der Waals surface area (Å²) in [4.78, 5) is 36.7. The summed E-state index contributed by atoms with van der Waals surface area (Å²) < 4.78 is 49.9. The molecule has 3 rings (SSSR count). The van der Waals surface area contributed by atoms with Gasteiger partial charge in [-0.25, -0.2) is 26.7 Å². The zero-order valence-corrected chi connectivity index (χ0v) is 19.6.